The normalized spacial score (nSPS) is 11.4. The number of benzene rings is 1. The quantitative estimate of drug-likeness (QED) is 0.635. The van der Waals surface area contributed by atoms with Crippen LogP contribution in [-0.2, 0) is 0 Å². The van der Waals surface area contributed by atoms with Gasteiger partial charge in [0.15, 0.2) is 5.78 Å². The molecule has 0 aliphatic rings. The highest BCUT2D eigenvalue weighted by atomic mass is 19.1. The van der Waals surface area contributed by atoms with E-state index in [2.05, 4.69) is 5.92 Å². The van der Waals surface area contributed by atoms with Gasteiger partial charge in [-0.2, -0.15) is 0 Å². The molecule has 2 N–H and O–H groups in total. The number of halogens is 2. The summed E-state index contributed by atoms with van der Waals surface area (Å²) in [5, 5.41) is 10.4. The Kier molecular flexibility index (Phi) is 4.38. The van der Waals surface area contributed by atoms with Gasteiger partial charge in [0.1, 0.15) is 17.7 Å². The van der Waals surface area contributed by atoms with Crippen LogP contribution >= 0.6 is 0 Å². The van der Waals surface area contributed by atoms with Crippen LogP contribution < -0.4 is 5.32 Å². The highest BCUT2D eigenvalue weighted by molar-refractivity contribution is 6.01. The Morgan fingerprint density at radius 2 is 2.11 bits per heavy atom. The van der Waals surface area contributed by atoms with E-state index in [-0.39, 0.29) is 6.42 Å². The predicted molar refractivity (Wildman–Crippen MR) is 59.1 cm³/mol. The molecule has 1 atom stereocenters. The summed E-state index contributed by atoms with van der Waals surface area (Å²) < 4.78 is 26.3. The first kappa shape index (κ1) is 13.6. The first-order valence-electron chi connectivity index (χ1n) is 4.88. The molecule has 6 heteroatoms. The molecule has 1 amide bonds. The first-order chi connectivity index (χ1) is 8.45. The molecule has 0 spiro atoms. The number of terminal acetylenes is 1. The van der Waals surface area contributed by atoms with Gasteiger partial charge < -0.3 is 10.4 Å². The maximum Gasteiger partial charge on any atom is 0.405 e. The highest BCUT2D eigenvalue weighted by Gasteiger charge is 2.24. The monoisotopic (exact) mass is 253 g/mol. The Labute approximate surface area is 102 Å². The number of nitrogens with one attached hydrogen (secondary N) is 1. The molecule has 1 aromatic rings. The number of carboxylic acid groups (broad SMARTS) is 1. The molecule has 18 heavy (non-hydrogen) atoms. The summed E-state index contributed by atoms with van der Waals surface area (Å²) in [4.78, 5) is 22.3. The molecule has 0 aliphatic heterocycles. The molecule has 1 rings (SSSR count). The molecule has 0 radical (unpaired) electrons. The second-order valence-corrected chi connectivity index (χ2v) is 3.40. The zero-order valence-corrected chi connectivity index (χ0v) is 9.11. The number of amides is 1. The van der Waals surface area contributed by atoms with Crippen molar-refractivity contribution >= 4 is 11.9 Å². The average Bonchev–Trinajstić information content (AvgIpc) is 2.30. The minimum atomic E-state index is -1.47. The molecule has 0 saturated heterocycles. The van der Waals surface area contributed by atoms with Crippen molar-refractivity contribution in [2.75, 3.05) is 0 Å². The van der Waals surface area contributed by atoms with Gasteiger partial charge in [-0.05, 0) is 18.2 Å². The molecule has 1 aromatic carbocycles. The van der Waals surface area contributed by atoms with Crippen LogP contribution in [0.2, 0.25) is 0 Å². The van der Waals surface area contributed by atoms with E-state index in [9.17, 15) is 18.4 Å². The van der Waals surface area contributed by atoms with E-state index in [1.807, 2.05) is 5.32 Å². The summed E-state index contributed by atoms with van der Waals surface area (Å²) in [6, 6.07) is 1.04. The second kappa shape index (κ2) is 5.77. The smallest absolute Gasteiger partial charge is 0.405 e. The van der Waals surface area contributed by atoms with Crippen molar-refractivity contribution in [1.29, 1.82) is 0 Å². The molecule has 0 heterocycles. The van der Waals surface area contributed by atoms with Gasteiger partial charge in [0, 0.05) is 6.42 Å². The zero-order chi connectivity index (χ0) is 13.7. The summed E-state index contributed by atoms with van der Waals surface area (Å²) in [6.45, 7) is 0. The fourth-order valence-electron chi connectivity index (χ4n) is 1.35. The molecule has 0 fully saturated rings. The van der Waals surface area contributed by atoms with E-state index >= 15 is 0 Å². The predicted octanol–water partition coefficient (Wildman–Crippen LogP) is 1.81. The van der Waals surface area contributed by atoms with Crippen molar-refractivity contribution in [2.24, 2.45) is 0 Å². The van der Waals surface area contributed by atoms with Crippen LogP contribution in [-0.4, -0.2) is 23.0 Å². The average molecular weight is 253 g/mol. The van der Waals surface area contributed by atoms with E-state index in [1.165, 1.54) is 0 Å². The van der Waals surface area contributed by atoms with E-state index in [0.29, 0.717) is 6.07 Å². The van der Waals surface area contributed by atoms with Crippen LogP contribution in [0, 0.1) is 24.0 Å². The zero-order valence-electron chi connectivity index (χ0n) is 9.11. The van der Waals surface area contributed by atoms with Gasteiger partial charge in [-0.3, -0.25) is 4.79 Å². The molecule has 0 aromatic heterocycles. The van der Waals surface area contributed by atoms with Gasteiger partial charge in [0.2, 0.25) is 0 Å². The second-order valence-electron chi connectivity index (χ2n) is 3.40. The number of ketones is 1. The number of rotatable bonds is 4. The molecule has 0 bridgehead atoms. The largest absolute Gasteiger partial charge is 0.465 e. The third-order valence-electron chi connectivity index (χ3n) is 2.13. The Hall–Kier alpha value is -2.42. The van der Waals surface area contributed by atoms with Crippen molar-refractivity contribution in [3.05, 3.63) is 35.4 Å². The van der Waals surface area contributed by atoms with Crippen LogP contribution in [0.5, 0.6) is 0 Å². The SMILES string of the molecule is C#CCC(NC(=O)O)C(=O)c1cc(F)ccc1F. The molecule has 0 aliphatic carbocycles. The van der Waals surface area contributed by atoms with Gasteiger partial charge in [-0.1, -0.05) is 0 Å². The Morgan fingerprint density at radius 1 is 1.44 bits per heavy atom. The van der Waals surface area contributed by atoms with Gasteiger partial charge in [-0.25, -0.2) is 13.6 Å². The number of carbonyl (C=O) groups excluding carboxylic acids is 1. The van der Waals surface area contributed by atoms with Gasteiger partial charge in [0.25, 0.3) is 0 Å². The summed E-state index contributed by atoms with van der Waals surface area (Å²) in [5.74, 6) is -0.546. The lowest BCUT2D eigenvalue weighted by Crippen LogP contribution is -2.40. The van der Waals surface area contributed by atoms with E-state index < -0.39 is 35.1 Å². The minimum Gasteiger partial charge on any atom is -0.465 e. The fourth-order valence-corrected chi connectivity index (χ4v) is 1.35. The molecule has 1 unspecified atom stereocenters. The molecular weight excluding hydrogens is 244 g/mol. The van der Waals surface area contributed by atoms with Crippen molar-refractivity contribution in [2.45, 2.75) is 12.5 Å². The van der Waals surface area contributed by atoms with Crippen LogP contribution in [0.3, 0.4) is 0 Å². The number of carbonyl (C=O) groups is 2. The Bertz CT molecular complexity index is 523. The maximum absolute atomic E-state index is 13.3. The minimum absolute atomic E-state index is 0.249. The first-order valence-corrected chi connectivity index (χ1v) is 4.88. The number of hydrogen-bond acceptors (Lipinski definition) is 2. The molecule has 4 nitrogen and oxygen atoms in total. The Morgan fingerprint density at radius 3 is 2.67 bits per heavy atom. The number of Topliss-reactive ketones (excluding diaryl/α,β-unsaturated/α-hetero) is 1. The van der Waals surface area contributed by atoms with Gasteiger partial charge in [-0.15, -0.1) is 12.3 Å². The van der Waals surface area contributed by atoms with Crippen molar-refractivity contribution in [3.63, 3.8) is 0 Å². The van der Waals surface area contributed by atoms with E-state index in [4.69, 9.17) is 11.5 Å². The molecular formula is C12H9F2NO3. The van der Waals surface area contributed by atoms with Crippen LogP contribution in [0.1, 0.15) is 16.8 Å². The Balaban J connectivity index is 3.05. The standard InChI is InChI=1S/C12H9F2NO3/c1-2-3-10(15-12(17)18)11(16)8-6-7(13)4-5-9(8)14/h1,4-6,10,15H,3H2,(H,17,18). The molecule has 0 saturated carbocycles. The lowest BCUT2D eigenvalue weighted by Gasteiger charge is -2.13. The van der Waals surface area contributed by atoms with Crippen molar-refractivity contribution in [1.82, 2.24) is 5.32 Å². The third-order valence-corrected chi connectivity index (χ3v) is 2.13. The van der Waals surface area contributed by atoms with Crippen LogP contribution in [0.4, 0.5) is 13.6 Å². The van der Waals surface area contributed by atoms with Gasteiger partial charge >= 0.3 is 6.09 Å². The maximum atomic E-state index is 13.3. The lowest BCUT2D eigenvalue weighted by atomic mass is 10.0. The lowest BCUT2D eigenvalue weighted by molar-refractivity contribution is 0.0934. The third kappa shape index (κ3) is 3.28. The molecule has 94 valence electrons. The topological polar surface area (TPSA) is 66.4 Å². The van der Waals surface area contributed by atoms with Crippen LogP contribution in [0.25, 0.3) is 0 Å². The summed E-state index contributed by atoms with van der Waals surface area (Å²) >= 11 is 0. The van der Waals surface area contributed by atoms with Gasteiger partial charge in [0.05, 0.1) is 5.56 Å². The summed E-state index contributed by atoms with van der Waals surface area (Å²) in [5.41, 5.74) is -0.538. The van der Waals surface area contributed by atoms with E-state index in [0.717, 1.165) is 12.1 Å². The summed E-state index contributed by atoms with van der Waals surface area (Å²) in [6.07, 6.45) is 3.27. The summed E-state index contributed by atoms with van der Waals surface area (Å²) in [7, 11) is 0. The fraction of sp³-hybridized carbons (Fsp3) is 0.167. The van der Waals surface area contributed by atoms with Crippen molar-refractivity contribution < 1.29 is 23.5 Å². The van der Waals surface area contributed by atoms with Crippen LogP contribution in [0.15, 0.2) is 18.2 Å². The van der Waals surface area contributed by atoms with E-state index in [1.54, 1.807) is 0 Å². The number of hydrogen-bond donors (Lipinski definition) is 2. The van der Waals surface area contributed by atoms with Crippen molar-refractivity contribution in [3.8, 4) is 12.3 Å². The highest BCUT2D eigenvalue weighted by Crippen LogP contribution is 2.13.